The Kier molecular flexibility index (Phi) is 6.67. The number of ketones is 1. The number of thiophene rings is 2. The molecule has 1 aliphatic rings. The Morgan fingerprint density at radius 3 is 1.92 bits per heavy atom. The maximum atomic E-state index is 13.2. The van der Waals surface area contributed by atoms with Gasteiger partial charge < -0.3 is 23.6 Å². The van der Waals surface area contributed by atoms with E-state index in [1.807, 2.05) is 9.44 Å². The summed E-state index contributed by atoms with van der Waals surface area (Å²) in [5.41, 5.74) is -1.60. The monoisotopic (exact) mass is 787 g/mol. The summed E-state index contributed by atoms with van der Waals surface area (Å²) in [6.07, 6.45) is -0.567. The van der Waals surface area contributed by atoms with Crippen LogP contribution in [0.5, 0.6) is 11.5 Å². The van der Waals surface area contributed by atoms with Crippen molar-refractivity contribution in [3.05, 3.63) is 77.3 Å². The summed E-state index contributed by atoms with van der Waals surface area (Å²) in [4.78, 5) is 22.5. The van der Waals surface area contributed by atoms with Crippen LogP contribution in [-0.2, 0) is 26.5 Å². The Bertz CT molecular complexity index is 2670. The number of hydrogen-bond donors (Lipinski definition) is 3. The number of carbonyl (C=O) groups is 2. The Morgan fingerprint density at radius 1 is 0.896 bits per heavy atom. The molecule has 0 spiro atoms. The molecule has 3 N–H and O–H groups in total. The van der Waals surface area contributed by atoms with Gasteiger partial charge in [-0.3, -0.25) is 4.79 Å². The fourth-order valence-electron chi connectivity index (χ4n) is 3.69. The first-order valence-electron chi connectivity index (χ1n) is 17.8. The van der Waals surface area contributed by atoms with Crippen LogP contribution in [-0.4, -0.2) is 50.8 Å². The highest BCUT2D eigenvalue weighted by Crippen LogP contribution is 2.36. The number of aromatic carboxylic acids is 1. The number of nitrogens with zero attached hydrogens (tertiary/aromatic N) is 2. The molecule has 0 saturated carbocycles. The van der Waals surface area contributed by atoms with Gasteiger partial charge in [-0.05, 0) is 66.7 Å². The molecule has 0 saturated heterocycles. The number of Topliss-reactive ketones (excluding diaryl/α,β-unsaturated/α-hetero) is 1. The van der Waals surface area contributed by atoms with Crippen molar-refractivity contribution in [1.29, 1.82) is 0 Å². The van der Waals surface area contributed by atoms with Crippen molar-refractivity contribution in [3.63, 3.8) is 0 Å². The van der Waals surface area contributed by atoms with Crippen molar-refractivity contribution < 1.29 is 65.1 Å². The van der Waals surface area contributed by atoms with E-state index in [1.54, 1.807) is 0 Å². The molecule has 0 atom stereocenters. The van der Waals surface area contributed by atoms with E-state index in [2.05, 4.69) is 14.8 Å². The van der Waals surface area contributed by atoms with Crippen molar-refractivity contribution in [2.75, 3.05) is 16.2 Å². The number of nitrogens with one attached hydrogen (secondary N) is 2. The number of carboxylic acid groups (broad SMARTS) is 1. The van der Waals surface area contributed by atoms with Crippen molar-refractivity contribution in [1.82, 2.24) is 10.3 Å². The number of aromatic nitrogens is 2. The molecular formula is C27H22Cl2N4O11S4. The van der Waals surface area contributed by atoms with Crippen LogP contribution in [0.15, 0.2) is 53.9 Å². The number of aryl methyl sites for hydroxylation is 3. The molecular weight excluding hydrogens is 755 g/mol. The smallest absolute Gasteiger partial charge is 0.347 e. The summed E-state index contributed by atoms with van der Waals surface area (Å²) in [5, 5.41) is 16.9. The lowest BCUT2D eigenvalue weighted by molar-refractivity contribution is 0.0698. The summed E-state index contributed by atoms with van der Waals surface area (Å²) in [7, 11) is -8.85. The van der Waals surface area contributed by atoms with Crippen molar-refractivity contribution in [2.24, 2.45) is 0 Å². The number of hydrogen-bond acceptors (Lipinski definition) is 14. The molecule has 0 unspecified atom stereocenters. The molecule has 0 radical (unpaired) electrons. The van der Waals surface area contributed by atoms with Crippen LogP contribution in [0.25, 0.3) is 0 Å². The van der Waals surface area contributed by atoms with Crippen molar-refractivity contribution in [3.8, 4) is 11.5 Å². The molecule has 0 aliphatic carbocycles. The van der Waals surface area contributed by atoms with Crippen LogP contribution in [0.2, 0.25) is 10.0 Å². The highest BCUT2D eigenvalue weighted by molar-refractivity contribution is 7.93. The number of carboxylic acids is 1. The SMILES string of the molecule is [2H]C([2H])([2H])c1noc(NS(=O)(=O)c2ccsc2C(=O)O)c1Cl.[2H]C1([2H])Oc2cc(CC(=O)c3sccc3S(=O)(=O)Nc3onc(C([2H])([2H])[2H])c3Cl)c(C([2H])([2H])[2H])cc2O1. The van der Waals surface area contributed by atoms with E-state index in [-0.39, 0.29) is 27.5 Å². The molecule has 0 bridgehead atoms. The van der Waals surface area contributed by atoms with Gasteiger partial charge in [0.05, 0.1) is 4.88 Å². The molecule has 1 aliphatic heterocycles. The molecule has 0 amide bonds. The van der Waals surface area contributed by atoms with E-state index in [0.29, 0.717) is 0 Å². The normalized spacial score (nSPS) is 17.6. The molecule has 5 aromatic rings. The van der Waals surface area contributed by atoms with E-state index in [4.69, 9.17) is 57.4 Å². The molecule has 4 aromatic heterocycles. The number of benzene rings is 1. The average Bonchev–Trinajstić information content (AvgIpc) is 3.91. The minimum absolute atomic E-state index is 0.0460. The lowest BCUT2D eigenvalue weighted by Gasteiger charge is -2.09. The lowest BCUT2D eigenvalue weighted by atomic mass is 10.0. The van der Waals surface area contributed by atoms with Gasteiger partial charge in [0.25, 0.3) is 31.8 Å². The van der Waals surface area contributed by atoms with Crippen LogP contribution < -0.4 is 18.9 Å². The number of rotatable bonds is 10. The minimum Gasteiger partial charge on any atom is -0.477 e. The molecule has 15 nitrogen and oxygen atoms in total. The van der Waals surface area contributed by atoms with Gasteiger partial charge in [0, 0.05) is 18.8 Å². The van der Waals surface area contributed by atoms with Gasteiger partial charge in [-0.25, -0.2) is 31.1 Å². The van der Waals surface area contributed by atoms with Gasteiger partial charge >= 0.3 is 5.97 Å². The number of fused-ring (bicyclic) bond motifs is 1. The van der Waals surface area contributed by atoms with Gasteiger partial charge in [-0.2, -0.15) is 0 Å². The molecule has 254 valence electrons. The summed E-state index contributed by atoms with van der Waals surface area (Å²) < 4.78 is 155. The average molecular weight is 789 g/mol. The number of anilines is 2. The van der Waals surface area contributed by atoms with E-state index in [0.717, 1.165) is 46.9 Å². The van der Waals surface area contributed by atoms with Gasteiger partial charge in [-0.15, -0.1) is 22.7 Å². The Labute approximate surface area is 305 Å². The maximum absolute atomic E-state index is 13.2. The first kappa shape index (κ1) is 23.3. The third kappa shape index (κ3) is 7.30. The van der Waals surface area contributed by atoms with E-state index < -0.39 is 113 Å². The predicted molar refractivity (Wildman–Crippen MR) is 175 cm³/mol. The minimum atomic E-state index is -4.52. The molecule has 5 heterocycles. The molecule has 21 heteroatoms. The van der Waals surface area contributed by atoms with Gasteiger partial charge in [0.15, 0.2) is 17.3 Å². The summed E-state index contributed by atoms with van der Waals surface area (Å²) in [6.45, 7) is -10.7. The van der Waals surface area contributed by atoms with Crippen molar-refractivity contribution >= 4 is 89.4 Å². The first-order valence-corrected chi connectivity index (χ1v) is 17.7. The van der Waals surface area contributed by atoms with E-state index >= 15 is 0 Å². The van der Waals surface area contributed by atoms with E-state index in [9.17, 15) is 26.4 Å². The quantitative estimate of drug-likeness (QED) is 0.135. The van der Waals surface area contributed by atoms with Crippen LogP contribution in [0.4, 0.5) is 11.8 Å². The van der Waals surface area contributed by atoms with Crippen LogP contribution in [0.3, 0.4) is 0 Å². The predicted octanol–water partition coefficient (Wildman–Crippen LogP) is 6.16. The summed E-state index contributed by atoms with van der Waals surface area (Å²) in [6, 6.07) is 4.42. The highest BCUT2D eigenvalue weighted by Gasteiger charge is 2.28. The first-order chi connectivity index (χ1) is 26.9. The van der Waals surface area contributed by atoms with Crippen LogP contribution in [0, 0.1) is 20.6 Å². The second-order valence-electron chi connectivity index (χ2n) is 8.94. The third-order valence-electron chi connectivity index (χ3n) is 5.83. The highest BCUT2D eigenvalue weighted by atomic mass is 35.5. The van der Waals surface area contributed by atoms with Crippen molar-refractivity contribution in [2.45, 2.75) is 36.8 Å². The topological polar surface area (TPSA) is 217 Å². The lowest BCUT2D eigenvalue weighted by Crippen LogP contribution is -2.16. The van der Waals surface area contributed by atoms with Crippen LogP contribution in [0.1, 0.15) is 56.9 Å². The zero-order chi connectivity index (χ0) is 44.3. The maximum Gasteiger partial charge on any atom is 0.347 e. The summed E-state index contributed by atoms with van der Waals surface area (Å²) in [5.74, 6) is -3.72. The third-order valence-corrected chi connectivity index (χ3v) is 11.4. The molecule has 6 rings (SSSR count). The standard InChI is InChI=1S/C18H15ClN2O6S2.C9H7ClN2O5S2/c1-9-5-13-14(26-8-25-13)7-11(9)6-12(22)17-15(3-4-28-17)29(23,24)21-18-16(19)10(2)20-27-18;1-4-6(10)8(17-11-4)12-19(15,16)5-2-3-18-7(5)9(13)14/h3-5,7,21H,6,8H2,1-2H3;2-3,12H,1H3,(H,13,14)/i1D3,2D3,8D2;1D3. The van der Waals surface area contributed by atoms with Crippen LogP contribution >= 0.6 is 45.9 Å². The molecule has 0 fully saturated rings. The second kappa shape index (κ2) is 13.8. The Morgan fingerprint density at radius 2 is 1.42 bits per heavy atom. The largest absolute Gasteiger partial charge is 0.477 e. The Balaban J connectivity index is 0.000000256. The van der Waals surface area contributed by atoms with Gasteiger partial charge in [-0.1, -0.05) is 33.5 Å². The number of ether oxygens (including phenoxy) is 2. The van der Waals surface area contributed by atoms with Gasteiger partial charge in [0.2, 0.25) is 6.75 Å². The fraction of sp³-hybridized carbons (Fsp3) is 0.185. The number of carbonyl (C=O) groups excluding carboxylic acids is 1. The van der Waals surface area contributed by atoms with Gasteiger partial charge in [0.1, 0.15) is 38.8 Å². The number of sulfonamides is 2. The second-order valence-corrected chi connectivity index (χ2v) is 14.8. The zero-order valence-corrected chi connectivity index (χ0v) is 27.8. The zero-order valence-electron chi connectivity index (χ0n) is 34.0. The molecule has 48 heavy (non-hydrogen) atoms. The number of halogens is 2. The molecule has 1 aromatic carbocycles. The van der Waals surface area contributed by atoms with E-state index in [1.165, 1.54) is 10.8 Å². The fourth-order valence-corrected chi connectivity index (χ4v) is 8.68. The summed E-state index contributed by atoms with van der Waals surface area (Å²) >= 11 is 13.1. The Hall–Kier alpha value is -4.14.